The van der Waals surface area contributed by atoms with Crippen molar-refractivity contribution in [2.24, 2.45) is 0 Å². The molecule has 6 rings (SSSR count). The first-order valence-corrected chi connectivity index (χ1v) is 12.1. The van der Waals surface area contributed by atoms with Crippen LogP contribution in [0.4, 0.5) is 18.0 Å². The van der Waals surface area contributed by atoms with Crippen molar-refractivity contribution in [3.05, 3.63) is 82.3 Å². The van der Waals surface area contributed by atoms with Gasteiger partial charge >= 0.3 is 18.1 Å². The van der Waals surface area contributed by atoms with Crippen molar-refractivity contribution in [1.29, 1.82) is 0 Å². The molecule has 2 amide bonds. The number of hydrogen-bond donors (Lipinski definition) is 1. The molecule has 3 heterocycles. The van der Waals surface area contributed by atoms with Gasteiger partial charge in [0.25, 0.3) is 5.91 Å². The fourth-order valence-corrected chi connectivity index (χ4v) is 4.79. The smallest absolute Gasteiger partial charge is 0.497 e. The van der Waals surface area contributed by atoms with Gasteiger partial charge in [-0.2, -0.15) is 0 Å². The van der Waals surface area contributed by atoms with Crippen molar-refractivity contribution >= 4 is 34.0 Å². The average molecular weight is 568 g/mol. The lowest BCUT2D eigenvalue weighted by atomic mass is 9.94. The van der Waals surface area contributed by atoms with Crippen LogP contribution in [-0.4, -0.2) is 39.8 Å². The molecule has 1 saturated heterocycles. The number of nitrogens with one attached hydrogen (secondary N) is 1. The third-order valence-corrected chi connectivity index (χ3v) is 6.77. The van der Waals surface area contributed by atoms with E-state index in [2.05, 4.69) is 15.2 Å². The molecule has 1 fully saturated rings. The first-order chi connectivity index (χ1) is 19.5. The van der Waals surface area contributed by atoms with Gasteiger partial charge in [0.2, 0.25) is 5.60 Å². The molecule has 0 bridgehead atoms. The Morgan fingerprint density at radius 2 is 1.78 bits per heavy atom. The molecule has 0 spiro atoms. The van der Waals surface area contributed by atoms with E-state index in [1.807, 2.05) is 0 Å². The van der Waals surface area contributed by atoms with Gasteiger partial charge in [-0.15, -0.1) is 13.2 Å². The molecule has 0 radical (unpaired) electrons. The van der Waals surface area contributed by atoms with Crippen molar-refractivity contribution in [3.63, 3.8) is 0 Å². The quantitative estimate of drug-likeness (QED) is 0.320. The van der Waals surface area contributed by atoms with E-state index in [9.17, 15) is 27.6 Å². The molecule has 0 unspecified atom stereocenters. The second-order valence-electron chi connectivity index (χ2n) is 9.35. The number of imidazole rings is 1. The van der Waals surface area contributed by atoms with E-state index in [1.54, 1.807) is 42.5 Å². The average Bonchev–Trinajstić information content (AvgIpc) is 3.54. The van der Waals surface area contributed by atoms with Crippen LogP contribution < -0.4 is 20.5 Å². The Morgan fingerprint density at radius 1 is 1.00 bits per heavy atom. The molecule has 0 aliphatic carbocycles. The van der Waals surface area contributed by atoms with E-state index in [0.29, 0.717) is 27.8 Å². The first kappa shape index (κ1) is 26.0. The van der Waals surface area contributed by atoms with Gasteiger partial charge in [-0.3, -0.25) is 14.7 Å². The molecule has 1 N–H and O–H groups in total. The number of aromatic nitrogens is 3. The van der Waals surface area contributed by atoms with Crippen LogP contribution in [0.2, 0.25) is 0 Å². The van der Waals surface area contributed by atoms with E-state index in [-0.39, 0.29) is 23.4 Å². The largest absolute Gasteiger partial charge is 0.573 e. The Hall–Kier alpha value is -5.27. The molecular weight excluding hydrogens is 549 g/mol. The summed E-state index contributed by atoms with van der Waals surface area (Å²) in [6.07, 6.45) is -5.84. The molecule has 41 heavy (non-hydrogen) atoms. The number of amides is 2. The van der Waals surface area contributed by atoms with Crippen LogP contribution in [0.3, 0.4) is 0 Å². The topological polar surface area (TPSA) is 127 Å². The first-order valence-electron chi connectivity index (χ1n) is 12.1. The van der Waals surface area contributed by atoms with Crippen molar-refractivity contribution in [2.45, 2.75) is 25.4 Å². The number of alkyl carbamates (subject to hydrolysis) is 1. The molecule has 11 nitrogen and oxygen atoms in total. The maximum absolute atomic E-state index is 13.9. The summed E-state index contributed by atoms with van der Waals surface area (Å²) in [5.74, 6) is -0.561. The van der Waals surface area contributed by atoms with Crippen LogP contribution in [0, 0.1) is 0 Å². The third kappa shape index (κ3) is 4.42. The highest BCUT2D eigenvalue weighted by Gasteiger charge is 2.46. The lowest BCUT2D eigenvalue weighted by Crippen LogP contribution is -2.33. The van der Waals surface area contributed by atoms with E-state index in [0.717, 1.165) is 12.1 Å². The van der Waals surface area contributed by atoms with Crippen LogP contribution in [0.1, 0.15) is 18.1 Å². The Balaban J connectivity index is 1.51. The molecule has 3 aromatic carbocycles. The lowest BCUT2D eigenvalue weighted by molar-refractivity contribution is -0.274. The minimum Gasteiger partial charge on any atom is -0.497 e. The highest BCUT2D eigenvalue weighted by atomic mass is 19.4. The molecule has 1 aliphatic rings. The number of methoxy groups -OCH3 is 1. The second-order valence-corrected chi connectivity index (χ2v) is 9.35. The van der Waals surface area contributed by atoms with E-state index in [4.69, 9.17) is 14.0 Å². The van der Waals surface area contributed by atoms with Gasteiger partial charge in [0.05, 0.1) is 30.1 Å². The summed E-state index contributed by atoms with van der Waals surface area (Å²) >= 11 is 0. The van der Waals surface area contributed by atoms with Crippen molar-refractivity contribution in [1.82, 2.24) is 19.6 Å². The van der Waals surface area contributed by atoms with E-state index < -0.39 is 35.4 Å². The maximum atomic E-state index is 13.9. The molecule has 2 aromatic heterocycles. The number of carbonyl (C=O) groups excluding carboxylic acids is 2. The highest BCUT2D eigenvalue weighted by Crippen LogP contribution is 2.33. The summed E-state index contributed by atoms with van der Waals surface area (Å²) in [6, 6.07) is 14.8. The normalized spacial score (nSPS) is 17.2. The minimum absolute atomic E-state index is 0.114. The molecule has 1 atom stereocenters. The molecule has 0 saturated carbocycles. The zero-order valence-corrected chi connectivity index (χ0v) is 21.3. The van der Waals surface area contributed by atoms with E-state index in [1.165, 1.54) is 29.2 Å². The SMILES string of the molecule is COc1ccc2c(-n3c(=O)n(Cc4cccc([C@@]5(C)OC(=O)NC5=O)c4)c4cc(OC(F)(F)F)ccc43)noc2c1. The standard InChI is InChI=1S/C27H19F3N4O7/c1-26(23(35)31-24(36)40-26)15-5-3-4-14(10-15)13-33-20-11-17(39-27(28,29)30)7-9-19(20)34(25(33)37)22-18-8-6-16(38-2)12-21(18)41-32-22/h3-12H,13H2,1-2H3,(H,31,35,36)/t26-/m1/s1. The fourth-order valence-electron chi connectivity index (χ4n) is 4.79. The summed E-state index contributed by atoms with van der Waals surface area (Å²) < 4.78 is 61.5. The zero-order valence-electron chi connectivity index (χ0n) is 21.3. The third-order valence-electron chi connectivity index (χ3n) is 6.77. The molecule has 210 valence electrons. The second kappa shape index (κ2) is 9.15. The Labute approximate surface area is 227 Å². The summed E-state index contributed by atoms with van der Waals surface area (Å²) in [4.78, 5) is 37.9. The number of hydrogen-bond acceptors (Lipinski definition) is 8. The van der Waals surface area contributed by atoms with Gasteiger partial charge in [0.1, 0.15) is 11.5 Å². The Bertz CT molecular complexity index is 1920. The van der Waals surface area contributed by atoms with Crippen molar-refractivity contribution in [2.75, 3.05) is 7.11 Å². The number of fused-ring (bicyclic) bond motifs is 2. The van der Waals surface area contributed by atoms with Crippen molar-refractivity contribution in [3.8, 4) is 17.3 Å². The fraction of sp³-hybridized carbons (Fsp3) is 0.185. The van der Waals surface area contributed by atoms with Crippen LogP contribution in [-0.2, 0) is 21.7 Å². The van der Waals surface area contributed by atoms with Crippen LogP contribution >= 0.6 is 0 Å². The highest BCUT2D eigenvalue weighted by molar-refractivity contribution is 6.03. The summed E-state index contributed by atoms with van der Waals surface area (Å²) in [5, 5.41) is 6.61. The molecule has 5 aromatic rings. The van der Waals surface area contributed by atoms with Gasteiger partial charge in [0, 0.05) is 17.7 Å². The predicted octanol–water partition coefficient (Wildman–Crippen LogP) is 4.37. The van der Waals surface area contributed by atoms with Crippen molar-refractivity contribution < 1.29 is 41.5 Å². The molecule has 14 heteroatoms. The number of benzene rings is 3. The van der Waals surface area contributed by atoms with Crippen LogP contribution in [0.5, 0.6) is 11.5 Å². The number of carbonyl (C=O) groups is 2. The van der Waals surface area contributed by atoms with Gasteiger partial charge in [-0.1, -0.05) is 23.4 Å². The molecular formula is C27H19F3N4O7. The number of rotatable bonds is 6. The summed E-state index contributed by atoms with van der Waals surface area (Å²) in [6.45, 7) is 1.30. The van der Waals surface area contributed by atoms with Gasteiger partial charge < -0.3 is 18.7 Å². The monoisotopic (exact) mass is 568 g/mol. The number of cyclic esters (lactones) is 1. The lowest BCUT2D eigenvalue weighted by Gasteiger charge is -2.20. The minimum atomic E-state index is -4.95. The number of nitrogens with zero attached hydrogens (tertiary/aromatic N) is 3. The summed E-state index contributed by atoms with van der Waals surface area (Å²) in [5.41, 5.74) is -0.706. The van der Waals surface area contributed by atoms with E-state index >= 15 is 0 Å². The molecule has 1 aliphatic heterocycles. The Kier molecular flexibility index (Phi) is 5.79. The maximum Gasteiger partial charge on any atom is 0.573 e. The predicted molar refractivity (Wildman–Crippen MR) is 136 cm³/mol. The number of alkyl halides is 3. The van der Waals surface area contributed by atoms with Crippen LogP contribution in [0.15, 0.2) is 70.0 Å². The zero-order chi connectivity index (χ0) is 29.1. The van der Waals surface area contributed by atoms with Gasteiger partial charge in [0.15, 0.2) is 11.4 Å². The number of halogens is 3. The number of ether oxygens (including phenoxy) is 3. The van der Waals surface area contributed by atoms with Crippen LogP contribution in [0.25, 0.3) is 27.8 Å². The van der Waals surface area contributed by atoms with Gasteiger partial charge in [-0.05, 0) is 42.8 Å². The Morgan fingerprint density at radius 3 is 2.49 bits per heavy atom. The summed E-state index contributed by atoms with van der Waals surface area (Å²) in [7, 11) is 1.48. The van der Waals surface area contributed by atoms with Gasteiger partial charge in [-0.25, -0.2) is 14.2 Å². The number of imide groups is 1.